The van der Waals surface area contributed by atoms with Crippen LogP contribution >= 0.6 is 11.3 Å². The van der Waals surface area contributed by atoms with E-state index in [0.717, 1.165) is 4.70 Å². The van der Waals surface area contributed by atoms with Gasteiger partial charge in [-0.05, 0) is 24.3 Å². The van der Waals surface area contributed by atoms with Gasteiger partial charge >= 0.3 is 0 Å². The highest BCUT2D eigenvalue weighted by Crippen LogP contribution is 2.37. The van der Waals surface area contributed by atoms with E-state index in [9.17, 15) is 20.0 Å². The second kappa shape index (κ2) is 4.99. The van der Waals surface area contributed by atoms with Crippen LogP contribution in [0.2, 0.25) is 0 Å². The zero-order valence-electron chi connectivity index (χ0n) is 10.6. The van der Waals surface area contributed by atoms with E-state index in [1.165, 1.54) is 35.6 Å². The molecule has 2 aromatic carbocycles. The van der Waals surface area contributed by atoms with E-state index >= 15 is 0 Å². The van der Waals surface area contributed by atoms with E-state index in [4.69, 9.17) is 0 Å². The number of hydrogen-bond donors (Lipinski definition) is 1. The van der Waals surface area contributed by atoms with Crippen molar-refractivity contribution in [2.24, 2.45) is 0 Å². The molecule has 1 aromatic heterocycles. The molecule has 21 heavy (non-hydrogen) atoms. The molecule has 0 aliphatic heterocycles. The van der Waals surface area contributed by atoms with Crippen molar-refractivity contribution in [2.45, 2.75) is 0 Å². The molecule has 5 nitrogen and oxygen atoms in total. The third-order valence-corrected chi connectivity index (χ3v) is 4.27. The fourth-order valence-electron chi connectivity index (χ4n) is 2.05. The second-order valence-electron chi connectivity index (χ2n) is 4.41. The van der Waals surface area contributed by atoms with E-state index in [-0.39, 0.29) is 22.1 Å². The number of nitro benzene ring substituents is 1. The van der Waals surface area contributed by atoms with E-state index in [1.807, 2.05) is 12.1 Å². The lowest BCUT2D eigenvalue weighted by Crippen LogP contribution is -1.99. The molecule has 0 spiro atoms. The molecule has 0 fully saturated rings. The number of thiophene rings is 1. The topological polar surface area (TPSA) is 80.4 Å². The summed E-state index contributed by atoms with van der Waals surface area (Å²) in [6.45, 7) is 0. The summed E-state index contributed by atoms with van der Waals surface area (Å²) in [7, 11) is 0. The predicted molar refractivity (Wildman–Crippen MR) is 80.0 cm³/mol. The van der Waals surface area contributed by atoms with Crippen LogP contribution in [0.1, 0.15) is 15.2 Å². The number of non-ortho nitro benzene ring substituents is 1. The molecule has 0 amide bonds. The lowest BCUT2D eigenvalue weighted by molar-refractivity contribution is -0.384. The number of nitrogens with zero attached hydrogens (tertiary/aromatic N) is 1. The molecule has 3 rings (SSSR count). The number of aromatic hydroxyl groups is 1. The maximum absolute atomic E-state index is 12.4. The van der Waals surface area contributed by atoms with E-state index in [1.54, 1.807) is 12.1 Å². The van der Waals surface area contributed by atoms with Gasteiger partial charge in [0, 0.05) is 27.8 Å². The maximum atomic E-state index is 12.4. The van der Waals surface area contributed by atoms with Crippen molar-refractivity contribution in [3.63, 3.8) is 0 Å². The second-order valence-corrected chi connectivity index (χ2v) is 5.46. The highest BCUT2D eigenvalue weighted by atomic mass is 32.1. The molecule has 6 heteroatoms. The number of carbonyl (C=O) groups is 1. The Balaban J connectivity index is 2.04. The molecule has 0 atom stereocenters. The summed E-state index contributed by atoms with van der Waals surface area (Å²) in [5.74, 6) is -0.387. The Morgan fingerprint density at radius 2 is 1.76 bits per heavy atom. The maximum Gasteiger partial charge on any atom is 0.269 e. The molecule has 0 saturated heterocycles. The number of rotatable bonds is 3. The van der Waals surface area contributed by atoms with Crippen LogP contribution in [0.5, 0.6) is 5.75 Å². The molecule has 0 unspecified atom stereocenters. The van der Waals surface area contributed by atoms with Crippen molar-refractivity contribution in [1.29, 1.82) is 0 Å². The van der Waals surface area contributed by atoms with Crippen molar-refractivity contribution in [3.05, 3.63) is 69.1 Å². The summed E-state index contributed by atoms with van der Waals surface area (Å²) in [4.78, 5) is 22.7. The molecule has 0 radical (unpaired) electrons. The van der Waals surface area contributed by atoms with Crippen LogP contribution in [0, 0.1) is 10.1 Å². The highest BCUT2D eigenvalue weighted by Gasteiger charge is 2.19. The predicted octanol–water partition coefficient (Wildman–Crippen LogP) is 3.75. The van der Waals surface area contributed by atoms with Gasteiger partial charge in [-0.3, -0.25) is 14.9 Å². The van der Waals surface area contributed by atoms with Crippen LogP contribution in [0.15, 0.2) is 48.5 Å². The third kappa shape index (κ3) is 2.25. The van der Waals surface area contributed by atoms with Gasteiger partial charge in [0.15, 0.2) is 0 Å². The van der Waals surface area contributed by atoms with Crippen LogP contribution < -0.4 is 0 Å². The Kier molecular flexibility index (Phi) is 3.15. The van der Waals surface area contributed by atoms with Gasteiger partial charge in [-0.25, -0.2) is 0 Å². The van der Waals surface area contributed by atoms with Gasteiger partial charge in [-0.1, -0.05) is 12.1 Å². The highest BCUT2D eigenvalue weighted by molar-refractivity contribution is 7.21. The van der Waals surface area contributed by atoms with E-state index in [2.05, 4.69) is 0 Å². The molecule has 1 N–H and O–H groups in total. The molecule has 0 bridgehead atoms. The summed E-state index contributed by atoms with van der Waals surface area (Å²) in [5.41, 5.74) is 0.231. The Hall–Kier alpha value is -2.73. The van der Waals surface area contributed by atoms with E-state index in [0.29, 0.717) is 10.9 Å². The minimum atomic E-state index is -0.523. The Labute approximate surface area is 123 Å². The zero-order chi connectivity index (χ0) is 15.0. The first-order valence-corrected chi connectivity index (χ1v) is 6.89. The number of fused-ring (bicyclic) bond motifs is 1. The lowest BCUT2D eigenvalue weighted by Gasteiger charge is -1.99. The van der Waals surface area contributed by atoms with Gasteiger partial charge in [0.2, 0.25) is 5.78 Å². The largest absolute Gasteiger partial charge is 0.506 e. The van der Waals surface area contributed by atoms with Crippen LogP contribution in [-0.4, -0.2) is 15.8 Å². The normalized spacial score (nSPS) is 10.7. The summed E-state index contributed by atoms with van der Waals surface area (Å²) in [5, 5.41) is 21.4. The molecule has 0 saturated carbocycles. The molecule has 0 aliphatic rings. The van der Waals surface area contributed by atoms with Crippen molar-refractivity contribution in [2.75, 3.05) is 0 Å². The molecule has 3 aromatic rings. The lowest BCUT2D eigenvalue weighted by atomic mass is 10.1. The van der Waals surface area contributed by atoms with Crippen molar-refractivity contribution in [3.8, 4) is 5.75 Å². The number of nitro groups is 1. The first-order chi connectivity index (χ1) is 10.1. The number of hydrogen-bond acceptors (Lipinski definition) is 5. The average molecular weight is 299 g/mol. The average Bonchev–Trinajstić information content (AvgIpc) is 2.84. The minimum absolute atomic E-state index is 0.0426. The fraction of sp³-hybridized carbons (Fsp3) is 0. The molecule has 1 heterocycles. The quantitative estimate of drug-likeness (QED) is 0.454. The molecular formula is C15H9NO4S. The van der Waals surface area contributed by atoms with Crippen molar-refractivity contribution < 1.29 is 14.8 Å². The smallest absolute Gasteiger partial charge is 0.269 e. The monoisotopic (exact) mass is 299 g/mol. The SMILES string of the molecule is O=C(c1ccc([N+](=O)[O-])cc1)c1sc2ccccc2c1O. The standard InChI is InChI=1S/C15H9NO4S/c17-13(9-5-7-10(8-6-9)16(19)20)15-14(18)11-3-1-2-4-12(11)21-15/h1-8,18H. The van der Waals surface area contributed by atoms with Crippen LogP contribution in [0.3, 0.4) is 0 Å². The Bertz CT molecular complexity index is 852. The number of carbonyl (C=O) groups excluding carboxylic acids is 1. The van der Waals surface area contributed by atoms with Gasteiger partial charge in [0.25, 0.3) is 5.69 Å². The number of benzene rings is 2. The first-order valence-electron chi connectivity index (χ1n) is 6.07. The Morgan fingerprint density at radius 3 is 2.38 bits per heavy atom. The van der Waals surface area contributed by atoms with Crippen LogP contribution in [0.4, 0.5) is 5.69 Å². The van der Waals surface area contributed by atoms with Crippen LogP contribution in [0.25, 0.3) is 10.1 Å². The van der Waals surface area contributed by atoms with Crippen molar-refractivity contribution in [1.82, 2.24) is 0 Å². The first kappa shape index (κ1) is 13.3. The number of ketones is 1. The van der Waals surface area contributed by atoms with E-state index < -0.39 is 4.92 Å². The summed E-state index contributed by atoms with van der Waals surface area (Å²) in [6, 6.07) is 12.5. The van der Waals surface area contributed by atoms with Gasteiger partial charge in [-0.2, -0.15) is 0 Å². The summed E-state index contributed by atoms with van der Waals surface area (Å²) in [6.07, 6.45) is 0. The molecule has 0 aliphatic carbocycles. The zero-order valence-corrected chi connectivity index (χ0v) is 11.5. The van der Waals surface area contributed by atoms with Gasteiger partial charge in [0.1, 0.15) is 10.6 Å². The molecular weight excluding hydrogens is 290 g/mol. The van der Waals surface area contributed by atoms with Gasteiger partial charge < -0.3 is 5.11 Å². The van der Waals surface area contributed by atoms with Gasteiger partial charge in [0.05, 0.1) is 4.92 Å². The molecule has 104 valence electrons. The summed E-state index contributed by atoms with van der Waals surface area (Å²) >= 11 is 1.20. The minimum Gasteiger partial charge on any atom is -0.506 e. The fourth-order valence-corrected chi connectivity index (χ4v) is 3.11. The third-order valence-electron chi connectivity index (χ3n) is 3.12. The van der Waals surface area contributed by atoms with Crippen molar-refractivity contribution >= 4 is 32.9 Å². The summed E-state index contributed by atoms with van der Waals surface area (Å²) < 4.78 is 0.820. The van der Waals surface area contributed by atoms with Gasteiger partial charge in [-0.15, -0.1) is 11.3 Å². The Morgan fingerprint density at radius 1 is 1.10 bits per heavy atom. The van der Waals surface area contributed by atoms with Crippen LogP contribution in [-0.2, 0) is 0 Å².